The Hall–Kier alpha value is -3.57. The maximum absolute atomic E-state index is 13.3. The summed E-state index contributed by atoms with van der Waals surface area (Å²) in [5.74, 6) is -0.315. The molecule has 182 valence electrons. The number of alkyl halides is 1. The van der Waals surface area contributed by atoms with Gasteiger partial charge >= 0.3 is 0 Å². The number of carbonyl (C=O) groups excluding carboxylic acids is 1. The first-order valence-corrected chi connectivity index (χ1v) is 11.8. The highest BCUT2D eigenvalue weighted by Crippen LogP contribution is 2.35. The minimum absolute atomic E-state index is 0.0136. The van der Waals surface area contributed by atoms with Crippen LogP contribution in [0.3, 0.4) is 0 Å². The molecule has 0 spiro atoms. The Labute approximate surface area is 208 Å². The SMILES string of the molecule is COc1cc2c(Nc3ncc(CC(=O)Nc4ccc(F)c(F)c4)s3)ncnc2cc1OCCCCl. The van der Waals surface area contributed by atoms with Crippen molar-refractivity contribution in [3.05, 3.63) is 59.4 Å². The number of benzene rings is 2. The number of aromatic nitrogens is 3. The van der Waals surface area contributed by atoms with E-state index in [1.165, 1.54) is 23.7 Å². The van der Waals surface area contributed by atoms with E-state index in [2.05, 4.69) is 25.6 Å². The van der Waals surface area contributed by atoms with Crippen LogP contribution < -0.4 is 20.1 Å². The van der Waals surface area contributed by atoms with Gasteiger partial charge in [-0.2, -0.15) is 0 Å². The van der Waals surface area contributed by atoms with Gasteiger partial charge in [0.2, 0.25) is 5.91 Å². The van der Waals surface area contributed by atoms with Crippen molar-refractivity contribution in [3.63, 3.8) is 0 Å². The van der Waals surface area contributed by atoms with Crippen molar-refractivity contribution in [1.82, 2.24) is 15.0 Å². The molecule has 0 saturated heterocycles. The maximum Gasteiger partial charge on any atom is 0.229 e. The molecular formula is C23H20ClF2N5O3S. The lowest BCUT2D eigenvalue weighted by Crippen LogP contribution is -2.13. The second kappa shape index (κ2) is 11.2. The summed E-state index contributed by atoms with van der Waals surface area (Å²) in [5.41, 5.74) is 0.816. The highest BCUT2D eigenvalue weighted by Gasteiger charge is 2.14. The van der Waals surface area contributed by atoms with Gasteiger partial charge in [-0.3, -0.25) is 4.79 Å². The Morgan fingerprint density at radius 1 is 1.11 bits per heavy atom. The maximum atomic E-state index is 13.3. The predicted octanol–water partition coefficient (Wildman–Crippen LogP) is 5.31. The Morgan fingerprint density at radius 2 is 1.97 bits per heavy atom. The molecule has 0 aliphatic heterocycles. The van der Waals surface area contributed by atoms with E-state index < -0.39 is 11.6 Å². The van der Waals surface area contributed by atoms with Crippen LogP contribution >= 0.6 is 22.9 Å². The standard InChI is InChI=1S/C23H20ClF2N5O3S/c1-33-19-9-15-18(10-20(19)34-6-2-5-24)28-12-29-22(15)31-23-27-11-14(35-23)8-21(32)30-13-3-4-16(25)17(26)7-13/h3-4,7,9-12H,2,5-6,8H2,1H3,(H,30,32)(H,27,28,29,31). The molecule has 0 radical (unpaired) electrons. The van der Waals surface area contributed by atoms with Gasteiger partial charge < -0.3 is 20.1 Å². The van der Waals surface area contributed by atoms with Crippen LogP contribution in [-0.4, -0.2) is 40.5 Å². The van der Waals surface area contributed by atoms with E-state index in [0.29, 0.717) is 57.1 Å². The number of halogens is 3. The van der Waals surface area contributed by atoms with Crippen LogP contribution in [-0.2, 0) is 11.2 Å². The Kier molecular flexibility index (Phi) is 7.88. The van der Waals surface area contributed by atoms with Gasteiger partial charge in [0, 0.05) is 40.2 Å². The fourth-order valence-corrected chi connectivity index (χ4v) is 4.08. The molecule has 0 aliphatic rings. The molecule has 1 amide bonds. The first-order valence-electron chi connectivity index (χ1n) is 10.4. The van der Waals surface area contributed by atoms with Crippen LogP contribution in [0.5, 0.6) is 11.5 Å². The van der Waals surface area contributed by atoms with Gasteiger partial charge in [-0.1, -0.05) is 0 Å². The third-order valence-corrected chi connectivity index (χ3v) is 5.95. The van der Waals surface area contributed by atoms with E-state index >= 15 is 0 Å². The summed E-state index contributed by atoms with van der Waals surface area (Å²) in [6.07, 6.45) is 3.69. The van der Waals surface area contributed by atoms with Crippen molar-refractivity contribution < 1.29 is 23.0 Å². The molecule has 4 rings (SSSR count). The fraction of sp³-hybridized carbons (Fsp3) is 0.217. The van der Waals surface area contributed by atoms with Crippen LogP contribution in [0.1, 0.15) is 11.3 Å². The largest absolute Gasteiger partial charge is 0.493 e. The van der Waals surface area contributed by atoms with Crippen molar-refractivity contribution in [2.24, 2.45) is 0 Å². The molecule has 0 bridgehead atoms. The van der Waals surface area contributed by atoms with E-state index in [1.54, 1.807) is 25.4 Å². The van der Waals surface area contributed by atoms with Gasteiger partial charge in [0.25, 0.3) is 0 Å². The summed E-state index contributed by atoms with van der Waals surface area (Å²) in [6, 6.07) is 6.72. The number of ether oxygens (including phenoxy) is 2. The molecule has 8 nitrogen and oxygen atoms in total. The Balaban J connectivity index is 1.47. The number of fused-ring (bicyclic) bond motifs is 1. The zero-order chi connectivity index (χ0) is 24.8. The van der Waals surface area contributed by atoms with Crippen LogP contribution in [0.15, 0.2) is 42.9 Å². The molecule has 2 aromatic carbocycles. The average molecular weight is 520 g/mol. The molecular weight excluding hydrogens is 500 g/mol. The lowest BCUT2D eigenvalue weighted by Gasteiger charge is -2.13. The van der Waals surface area contributed by atoms with Gasteiger partial charge in [0.1, 0.15) is 12.1 Å². The summed E-state index contributed by atoms with van der Waals surface area (Å²) in [5, 5.41) is 6.90. The first-order chi connectivity index (χ1) is 17.0. The van der Waals surface area contributed by atoms with Crippen LogP contribution in [0.25, 0.3) is 10.9 Å². The minimum Gasteiger partial charge on any atom is -0.493 e. The predicted molar refractivity (Wildman–Crippen MR) is 131 cm³/mol. The highest BCUT2D eigenvalue weighted by molar-refractivity contribution is 7.15. The van der Waals surface area contributed by atoms with Gasteiger partial charge in [0.15, 0.2) is 28.3 Å². The number of amides is 1. The van der Waals surface area contributed by atoms with Gasteiger partial charge in [-0.25, -0.2) is 23.7 Å². The smallest absolute Gasteiger partial charge is 0.229 e. The normalized spacial score (nSPS) is 10.9. The van der Waals surface area contributed by atoms with Crippen LogP contribution in [0.4, 0.5) is 25.4 Å². The third-order valence-electron chi connectivity index (χ3n) is 4.77. The summed E-state index contributed by atoms with van der Waals surface area (Å²) in [7, 11) is 1.55. The molecule has 0 aliphatic carbocycles. The zero-order valence-electron chi connectivity index (χ0n) is 18.5. The zero-order valence-corrected chi connectivity index (χ0v) is 20.1. The number of methoxy groups -OCH3 is 1. The van der Waals surface area contributed by atoms with Gasteiger partial charge in [-0.15, -0.1) is 22.9 Å². The topological polar surface area (TPSA) is 98.3 Å². The third kappa shape index (κ3) is 6.11. The number of rotatable bonds is 10. The van der Waals surface area contributed by atoms with Gasteiger partial charge in [-0.05, 0) is 24.6 Å². The summed E-state index contributed by atoms with van der Waals surface area (Å²) >= 11 is 6.98. The van der Waals surface area contributed by atoms with Gasteiger partial charge in [0.05, 0.1) is 25.7 Å². The Bertz CT molecular complexity index is 1350. The number of nitrogens with zero attached hydrogens (tertiary/aromatic N) is 3. The van der Waals surface area contributed by atoms with Crippen molar-refractivity contribution in [3.8, 4) is 11.5 Å². The second-order valence-corrected chi connectivity index (χ2v) is 8.74. The molecule has 0 fully saturated rings. The molecule has 2 heterocycles. The number of anilines is 3. The molecule has 2 aromatic heterocycles. The molecule has 0 unspecified atom stereocenters. The minimum atomic E-state index is -1.03. The van der Waals surface area contributed by atoms with Crippen molar-refractivity contribution in [2.45, 2.75) is 12.8 Å². The fourth-order valence-electron chi connectivity index (χ4n) is 3.16. The number of nitrogens with one attached hydrogen (secondary N) is 2. The number of thiazole rings is 1. The van der Waals surface area contributed by atoms with Crippen LogP contribution in [0, 0.1) is 11.6 Å². The van der Waals surface area contributed by atoms with E-state index in [4.69, 9.17) is 21.1 Å². The highest BCUT2D eigenvalue weighted by atomic mass is 35.5. The first kappa shape index (κ1) is 24.6. The Morgan fingerprint density at radius 3 is 2.74 bits per heavy atom. The number of hydrogen-bond donors (Lipinski definition) is 2. The molecule has 0 atom stereocenters. The summed E-state index contributed by atoms with van der Waals surface area (Å²) < 4.78 is 37.6. The monoisotopic (exact) mass is 519 g/mol. The lowest BCUT2D eigenvalue weighted by atomic mass is 10.2. The molecule has 0 saturated carbocycles. The van der Waals surface area contributed by atoms with E-state index in [9.17, 15) is 13.6 Å². The molecule has 12 heteroatoms. The van der Waals surface area contributed by atoms with Crippen molar-refractivity contribution >= 4 is 56.4 Å². The van der Waals surface area contributed by atoms with E-state index in [1.807, 2.05) is 0 Å². The lowest BCUT2D eigenvalue weighted by molar-refractivity contribution is -0.115. The van der Waals surface area contributed by atoms with E-state index in [0.717, 1.165) is 12.1 Å². The summed E-state index contributed by atoms with van der Waals surface area (Å²) in [6.45, 7) is 0.452. The number of carbonyl (C=O) groups is 1. The van der Waals surface area contributed by atoms with Crippen LogP contribution in [0.2, 0.25) is 0 Å². The van der Waals surface area contributed by atoms with Crippen molar-refractivity contribution in [2.75, 3.05) is 30.2 Å². The molecule has 35 heavy (non-hydrogen) atoms. The quantitative estimate of drug-likeness (QED) is 0.216. The second-order valence-electron chi connectivity index (χ2n) is 7.24. The molecule has 2 N–H and O–H groups in total. The summed E-state index contributed by atoms with van der Waals surface area (Å²) in [4.78, 5) is 25.9. The molecule has 4 aromatic rings. The van der Waals surface area contributed by atoms with E-state index in [-0.39, 0.29) is 18.0 Å². The van der Waals surface area contributed by atoms with Crippen molar-refractivity contribution in [1.29, 1.82) is 0 Å². The average Bonchev–Trinajstić information content (AvgIpc) is 3.27. The number of hydrogen-bond acceptors (Lipinski definition) is 8.